The Morgan fingerprint density at radius 3 is 2.74 bits per heavy atom. The van der Waals surface area contributed by atoms with E-state index in [2.05, 4.69) is 20.2 Å². The first-order valence-electron chi connectivity index (χ1n) is 6.19. The first-order chi connectivity index (χ1) is 8.92. The van der Waals surface area contributed by atoms with Gasteiger partial charge in [-0.25, -0.2) is 13.1 Å². The molecule has 110 valence electrons. The molecule has 1 atom stereocenters. The number of aromatic nitrogens is 2. The van der Waals surface area contributed by atoms with Crippen LogP contribution in [0, 0.1) is 6.92 Å². The lowest BCUT2D eigenvalue weighted by Crippen LogP contribution is -2.30. The quantitative estimate of drug-likeness (QED) is 0.663. The Hall–Kier alpha value is -0.570. The number of sulfonamides is 1. The summed E-state index contributed by atoms with van der Waals surface area (Å²) in [5, 5.41) is 10.1. The SMILES string of the molecule is CCNCc1c(S(=O)(=O)NCC(C)SC)n[nH]c1C. The highest BCUT2D eigenvalue weighted by molar-refractivity contribution is 7.99. The molecule has 19 heavy (non-hydrogen) atoms. The van der Waals surface area contributed by atoms with Crippen molar-refractivity contribution in [2.45, 2.75) is 37.6 Å². The average molecular weight is 306 g/mol. The van der Waals surface area contributed by atoms with Crippen LogP contribution in [-0.2, 0) is 16.6 Å². The minimum absolute atomic E-state index is 0.0965. The summed E-state index contributed by atoms with van der Waals surface area (Å²) >= 11 is 1.62. The van der Waals surface area contributed by atoms with Crippen molar-refractivity contribution < 1.29 is 8.42 Å². The number of nitrogens with one attached hydrogen (secondary N) is 3. The Morgan fingerprint density at radius 1 is 1.47 bits per heavy atom. The maximum atomic E-state index is 12.2. The van der Waals surface area contributed by atoms with Gasteiger partial charge in [0.15, 0.2) is 5.03 Å². The molecule has 0 spiro atoms. The van der Waals surface area contributed by atoms with Gasteiger partial charge in [-0.2, -0.15) is 16.9 Å². The summed E-state index contributed by atoms with van der Waals surface area (Å²) in [7, 11) is -3.55. The highest BCUT2D eigenvalue weighted by Gasteiger charge is 2.23. The summed E-state index contributed by atoms with van der Waals surface area (Å²) in [6, 6.07) is 0. The third-order valence-electron chi connectivity index (χ3n) is 2.81. The van der Waals surface area contributed by atoms with Crippen LogP contribution in [0.4, 0.5) is 0 Å². The topological polar surface area (TPSA) is 86.9 Å². The van der Waals surface area contributed by atoms with Crippen molar-refractivity contribution in [1.29, 1.82) is 0 Å². The Kier molecular flexibility index (Phi) is 6.31. The Bertz CT molecular complexity index is 499. The third-order valence-corrected chi connectivity index (χ3v) is 5.17. The number of aromatic amines is 1. The van der Waals surface area contributed by atoms with E-state index in [1.54, 1.807) is 11.8 Å². The van der Waals surface area contributed by atoms with Gasteiger partial charge >= 0.3 is 0 Å². The standard InChI is InChI=1S/C11H22N4O2S2/c1-5-12-7-10-9(3)14-15-11(10)19(16,17)13-6-8(2)18-4/h8,12-13H,5-7H2,1-4H3,(H,14,15). The molecule has 0 fully saturated rings. The van der Waals surface area contributed by atoms with Crippen LogP contribution in [0.25, 0.3) is 0 Å². The lowest BCUT2D eigenvalue weighted by molar-refractivity contribution is 0.574. The molecule has 1 unspecified atom stereocenters. The van der Waals surface area contributed by atoms with Crippen molar-refractivity contribution >= 4 is 21.8 Å². The fourth-order valence-electron chi connectivity index (χ4n) is 1.49. The minimum Gasteiger partial charge on any atom is -0.313 e. The second kappa shape index (κ2) is 7.28. The molecule has 0 saturated carbocycles. The monoisotopic (exact) mass is 306 g/mol. The maximum Gasteiger partial charge on any atom is 0.260 e. The van der Waals surface area contributed by atoms with Crippen LogP contribution in [0.15, 0.2) is 5.03 Å². The Labute approximate surface area is 119 Å². The summed E-state index contributed by atoms with van der Waals surface area (Å²) in [6.07, 6.45) is 1.95. The predicted molar refractivity (Wildman–Crippen MR) is 78.9 cm³/mol. The first kappa shape index (κ1) is 16.5. The third kappa shape index (κ3) is 4.48. The van der Waals surface area contributed by atoms with Crippen LogP contribution in [-0.4, -0.2) is 43.2 Å². The molecule has 0 radical (unpaired) electrons. The Balaban J connectivity index is 2.88. The fourth-order valence-corrected chi connectivity index (χ4v) is 3.17. The molecule has 0 amide bonds. The van der Waals surface area contributed by atoms with E-state index in [1.165, 1.54) is 0 Å². The van der Waals surface area contributed by atoms with E-state index < -0.39 is 10.0 Å². The molecule has 0 bridgehead atoms. The molecular formula is C11H22N4O2S2. The largest absolute Gasteiger partial charge is 0.313 e. The predicted octanol–water partition coefficient (Wildman–Crippen LogP) is 0.857. The molecule has 0 saturated heterocycles. The number of H-pyrrole nitrogens is 1. The van der Waals surface area contributed by atoms with Gasteiger partial charge in [0.2, 0.25) is 0 Å². The molecule has 1 aromatic rings. The molecule has 8 heteroatoms. The highest BCUT2D eigenvalue weighted by Crippen LogP contribution is 2.16. The van der Waals surface area contributed by atoms with Crippen molar-refractivity contribution in [1.82, 2.24) is 20.2 Å². The van der Waals surface area contributed by atoms with Gasteiger partial charge in [-0.15, -0.1) is 0 Å². The number of nitrogens with zero attached hydrogens (tertiary/aromatic N) is 1. The molecular weight excluding hydrogens is 284 g/mol. The fraction of sp³-hybridized carbons (Fsp3) is 0.727. The highest BCUT2D eigenvalue weighted by atomic mass is 32.2. The van der Waals surface area contributed by atoms with E-state index in [0.29, 0.717) is 18.7 Å². The van der Waals surface area contributed by atoms with Crippen LogP contribution in [0.5, 0.6) is 0 Å². The van der Waals surface area contributed by atoms with Gasteiger partial charge in [-0.1, -0.05) is 13.8 Å². The molecule has 1 heterocycles. The van der Waals surface area contributed by atoms with Crippen LogP contribution < -0.4 is 10.0 Å². The van der Waals surface area contributed by atoms with Gasteiger partial charge < -0.3 is 5.32 Å². The van der Waals surface area contributed by atoms with Crippen LogP contribution in [0.3, 0.4) is 0 Å². The summed E-state index contributed by atoms with van der Waals surface area (Å²) in [5.41, 5.74) is 1.48. The molecule has 0 aliphatic rings. The van der Waals surface area contributed by atoms with Crippen molar-refractivity contribution in [2.24, 2.45) is 0 Å². The van der Waals surface area contributed by atoms with E-state index in [9.17, 15) is 8.42 Å². The van der Waals surface area contributed by atoms with Crippen molar-refractivity contribution in [3.8, 4) is 0 Å². The zero-order valence-corrected chi connectivity index (χ0v) is 13.4. The van der Waals surface area contributed by atoms with Crippen molar-refractivity contribution in [3.05, 3.63) is 11.3 Å². The number of hydrogen-bond acceptors (Lipinski definition) is 5. The maximum absolute atomic E-state index is 12.2. The van der Waals surface area contributed by atoms with Crippen LogP contribution in [0.2, 0.25) is 0 Å². The Morgan fingerprint density at radius 2 is 2.16 bits per heavy atom. The molecule has 1 aromatic heterocycles. The first-order valence-corrected chi connectivity index (χ1v) is 8.96. The van der Waals surface area contributed by atoms with E-state index in [0.717, 1.165) is 12.2 Å². The lowest BCUT2D eigenvalue weighted by Gasteiger charge is -2.10. The van der Waals surface area contributed by atoms with Gasteiger partial charge in [0.25, 0.3) is 10.0 Å². The van der Waals surface area contributed by atoms with E-state index >= 15 is 0 Å². The van der Waals surface area contributed by atoms with E-state index in [1.807, 2.05) is 27.0 Å². The molecule has 0 aromatic carbocycles. The number of hydrogen-bond donors (Lipinski definition) is 3. The van der Waals surface area contributed by atoms with Gasteiger partial charge in [-0.3, -0.25) is 5.10 Å². The number of aryl methyl sites for hydroxylation is 1. The number of rotatable bonds is 8. The molecule has 0 aliphatic heterocycles. The van der Waals surface area contributed by atoms with Crippen LogP contribution in [0.1, 0.15) is 25.1 Å². The normalized spacial score (nSPS) is 13.7. The van der Waals surface area contributed by atoms with Crippen LogP contribution >= 0.6 is 11.8 Å². The summed E-state index contributed by atoms with van der Waals surface area (Å²) in [4.78, 5) is 0. The summed E-state index contributed by atoms with van der Waals surface area (Å²) in [6.45, 7) is 7.44. The second-order valence-electron chi connectivity index (χ2n) is 4.31. The minimum atomic E-state index is -3.55. The smallest absolute Gasteiger partial charge is 0.260 e. The average Bonchev–Trinajstić information content (AvgIpc) is 2.75. The summed E-state index contributed by atoms with van der Waals surface area (Å²) in [5.74, 6) is 0. The van der Waals surface area contributed by atoms with Gasteiger partial charge in [0.05, 0.1) is 0 Å². The molecule has 0 aliphatic carbocycles. The van der Waals surface area contributed by atoms with E-state index in [-0.39, 0.29) is 10.3 Å². The number of thioether (sulfide) groups is 1. The summed E-state index contributed by atoms with van der Waals surface area (Å²) < 4.78 is 27.0. The second-order valence-corrected chi connectivity index (χ2v) is 7.27. The van der Waals surface area contributed by atoms with Crippen molar-refractivity contribution in [3.63, 3.8) is 0 Å². The molecule has 3 N–H and O–H groups in total. The zero-order valence-electron chi connectivity index (χ0n) is 11.8. The van der Waals surface area contributed by atoms with Gasteiger partial charge in [0.1, 0.15) is 0 Å². The zero-order chi connectivity index (χ0) is 14.5. The van der Waals surface area contributed by atoms with Gasteiger partial charge in [0, 0.05) is 29.6 Å². The van der Waals surface area contributed by atoms with Gasteiger partial charge in [-0.05, 0) is 19.7 Å². The van der Waals surface area contributed by atoms with E-state index in [4.69, 9.17) is 0 Å². The lowest BCUT2D eigenvalue weighted by atomic mass is 10.2. The molecule has 1 rings (SSSR count). The van der Waals surface area contributed by atoms with Crippen molar-refractivity contribution in [2.75, 3.05) is 19.3 Å². The molecule has 6 nitrogen and oxygen atoms in total.